The lowest BCUT2D eigenvalue weighted by Gasteiger charge is -2.15. The van der Waals surface area contributed by atoms with Crippen molar-refractivity contribution in [1.82, 2.24) is 0 Å². The molecule has 3 rings (SSSR count). The van der Waals surface area contributed by atoms with Gasteiger partial charge in [-0.15, -0.1) is 0 Å². The number of hydrogen-bond donors (Lipinski definition) is 0. The number of ether oxygens (including phenoxy) is 2. The topological polar surface area (TPSA) is 30.8 Å². The monoisotopic (exact) mass is 485 g/mol. The van der Waals surface area contributed by atoms with Crippen LogP contribution in [0.2, 0.25) is 0 Å². The lowest BCUT2D eigenvalue weighted by atomic mass is 10.1. The highest BCUT2D eigenvalue weighted by atomic mass is 127. The van der Waals surface area contributed by atoms with Crippen LogP contribution in [0, 0.1) is 17.4 Å². The molecule has 0 spiro atoms. The summed E-state index contributed by atoms with van der Waals surface area (Å²) in [6.07, 6.45) is 1.88. The van der Waals surface area contributed by atoms with E-state index in [4.69, 9.17) is 9.47 Å². The summed E-state index contributed by atoms with van der Waals surface area (Å²) in [4.78, 5) is 4.68. The Bertz CT molecular complexity index is 968. The molecule has 0 atom stereocenters. The third-order valence-electron chi connectivity index (χ3n) is 4.49. The number of halogens is 1. The van der Waals surface area contributed by atoms with Crippen LogP contribution in [0.1, 0.15) is 29.2 Å². The van der Waals surface area contributed by atoms with Crippen molar-refractivity contribution >= 4 is 34.5 Å². The van der Waals surface area contributed by atoms with Crippen LogP contribution in [0.15, 0.2) is 65.7 Å². The fourth-order valence-electron chi connectivity index (χ4n) is 2.81. The first kappa shape index (κ1) is 20.4. The van der Waals surface area contributed by atoms with Crippen LogP contribution in [-0.2, 0) is 6.61 Å². The lowest BCUT2D eigenvalue weighted by molar-refractivity contribution is 0.267. The second kappa shape index (κ2) is 9.73. The molecule has 0 heterocycles. The summed E-state index contributed by atoms with van der Waals surface area (Å²) < 4.78 is 12.9. The van der Waals surface area contributed by atoms with Crippen LogP contribution in [0.4, 0.5) is 5.69 Å². The van der Waals surface area contributed by atoms with E-state index in [0.29, 0.717) is 13.2 Å². The summed E-state index contributed by atoms with van der Waals surface area (Å²) in [5.74, 6) is 1.52. The Morgan fingerprint density at radius 1 is 0.964 bits per heavy atom. The van der Waals surface area contributed by atoms with E-state index in [1.165, 1.54) is 11.1 Å². The van der Waals surface area contributed by atoms with Gasteiger partial charge in [0.15, 0.2) is 11.5 Å². The Labute approximate surface area is 180 Å². The minimum atomic E-state index is 0.507. The van der Waals surface area contributed by atoms with Gasteiger partial charge in [-0.3, -0.25) is 4.99 Å². The average Bonchev–Trinajstić information content (AvgIpc) is 2.69. The molecular weight excluding hydrogens is 461 g/mol. The third kappa shape index (κ3) is 5.13. The summed E-state index contributed by atoms with van der Waals surface area (Å²) in [5, 5.41) is 0. The smallest absolute Gasteiger partial charge is 0.175 e. The van der Waals surface area contributed by atoms with Crippen molar-refractivity contribution in [2.45, 2.75) is 27.4 Å². The van der Waals surface area contributed by atoms with Crippen LogP contribution in [0.5, 0.6) is 11.5 Å². The van der Waals surface area contributed by atoms with Crippen LogP contribution in [0.25, 0.3) is 0 Å². The van der Waals surface area contributed by atoms with E-state index < -0.39 is 0 Å². The highest BCUT2D eigenvalue weighted by Gasteiger charge is 2.12. The molecule has 0 unspecified atom stereocenters. The first-order valence-electron chi connectivity index (χ1n) is 9.32. The van der Waals surface area contributed by atoms with Crippen LogP contribution in [0.3, 0.4) is 0 Å². The summed E-state index contributed by atoms with van der Waals surface area (Å²) in [6.45, 7) is 7.26. The maximum absolute atomic E-state index is 6.08. The zero-order valence-electron chi connectivity index (χ0n) is 16.4. The van der Waals surface area contributed by atoms with Gasteiger partial charge in [0.1, 0.15) is 6.61 Å². The standard InChI is InChI=1S/C24H24INO2/c1-4-27-23-14-20(15-26-22-12-8-9-17(2)18(22)3)13-21(25)24(23)28-16-19-10-6-5-7-11-19/h5-15H,4,16H2,1-3H3. The molecule has 0 bridgehead atoms. The fourth-order valence-corrected chi connectivity index (χ4v) is 3.60. The van der Waals surface area contributed by atoms with Crippen LogP contribution in [-0.4, -0.2) is 12.8 Å². The zero-order valence-corrected chi connectivity index (χ0v) is 18.6. The van der Waals surface area contributed by atoms with E-state index >= 15 is 0 Å². The van der Waals surface area contributed by atoms with Crippen molar-refractivity contribution in [2.24, 2.45) is 4.99 Å². The van der Waals surface area contributed by atoms with Crippen LogP contribution < -0.4 is 9.47 Å². The molecule has 0 N–H and O–H groups in total. The van der Waals surface area contributed by atoms with Gasteiger partial charge in [-0.2, -0.15) is 0 Å². The Balaban J connectivity index is 1.85. The molecule has 0 amide bonds. The number of aryl methyl sites for hydroxylation is 1. The maximum Gasteiger partial charge on any atom is 0.175 e. The van der Waals surface area contributed by atoms with Gasteiger partial charge in [0.25, 0.3) is 0 Å². The van der Waals surface area contributed by atoms with Gasteiger partial charge >= 0.3 is 0 Å². The minimum absolute atomic E-state index is 0.507. The largest absolute Gasteiger partial charge is 0.490 e. The van der Waals surface area contributed by atoms with Crippen LogP contribution >= 0.6 is 22.6 Å². The molecule has 3 aromatic rings. The Kier molecular flexibility index (Phi) is 7.09. The Morgan fingerprint density at radius 3 is 2.50 bits per heavy atom. The summed E-state index contributed by atoms with van der Waals surface area (Å²) in [5.41, 5.74) is 5.53. The second-order valence-corrected chi connectivity index (χ2v) is 7.68. The molecule has 0 saturated heterocycles. The van der Waals surface area contributed by atoms with Gasteiger partial charge in [-0.1, -0.05) is 42.5 Å². The molecule has 144 valence electrons. The number of hydrogen-bond acceptors (Lipinski definition) is 3. The summed E-state index contributed by atoms with van der Waals surface area (Å²) in [6, 6.07) is 20.4. The average molecular weight is 485 g/mol. The molecule has 4 heteroatoms. The highest BCUT2D eigenvalue weighted by Crippen LogP contribution is 2.34. The highest BCUT2D eigenvalue weighted by molar-refractivity contribution is 14.1. The molecule has 0 saturated carbocycles. The van der Waals surface area contributed by atoms with E-state index in [1.807, 2.05) is 49.5 Å². The SMILES string of the molecule is CCOc1cc(C=Nc2cccc(C)c2C)cc(I)c1OCc1ccccc1. The molecular formula is C24H24INO2. The van der Waals surface area contributed by atoms with Crippen molar-refractivity contribution in [2.75, 3.05) is 6.61 Å². The maximum atomic E-state index is 6.08. The van der Waals surface area contributed by atoms with Crippen molar-refractivity contribution in [3.05, 3.63) is 86.5 Å². The normalized spacial score (nSPS) is 11.0. The van der Waals surface area contributed by atoms with E-state index in [9.17, 15) is 0 Å². The first-order chi connectivity index (χ1) is 13.6. The molecule has 3 aromatic carbocycles. The first-order valence-corrected chi connectivity index (χ1v) is 10.4. The molecule has 28 heavy (non-hydrogen) atoms. The predicted molar refractivity (Wildman–Crippen MR) is 124 cm³/mol. The number of rotatable bonds is 7. The Hall–Kier alpha value is -2.34. The molecule has 0 aliphatic heterocycles. The predicted octanol–water partition coefficient (Wildman–Crippen LogP) is 6.64. The molecule has 3 nitrogen and oxygen atoms in total. The minimum Gasteiger partial charge on any atom is -0.490 e. The molecule has 0 fully saturated rings. The fraction of sp³-hybridized carbons (Fsp3) is 0.208. The summed E-state index contributed by atoms with van der Waals surface area (Å²) in [7, 11) is 0. The summed E-state index contributed by atoms with van der Waals surface area (Å²) >= 11 is 2.29. The van der Waals surface area contributed by atoms with Crippen molar-refractivity contribution in [3.63, 3.8) is 0 Å². The molecule has 0 aromatic heterocycles. The van der Waals surface area contributed by atoms with Gasteiger partial charge in [0, 0.05) is 6.21 Å². The quantitative estimate of drug-likeness (QED) is 0.278. The third-order valence-corrected chi connectivity index (χ3v) is 5.29. The van der Waals surface area contributed by atoms with Gasteiger partial charge in [-0.25, -0.2) is 0 Å². The number of nitrogens with zero attached hydrogens (tertiary/aromatic N) is 1. The van der Waals surface area contributed by atoms with E-state index in [0.717, 1.165) is 31.9 Å². The van der Waals surface area contributed by atoms with Gasteiger partial charge < -0.3 is 9.47 Å². The van der Waals surface area contributed by atoms with Gasteiger partial charge in [0.05, 0.1) is 15.9 Å². The van der Waals surface area contributed by atoms with Gasteiger partial charge in [0.2, 0.25) is 0 Å². The van der Waals surface area contributed by atoms with E-state index in [-0.39, 0.29) is 0 Å². The van der Waals surface area contributed by atoms with Crippen molar-refractivity contribution < 1.29 is 9.47 Å². The molecule has 0 aliphatic carbocycles. The molecule has 0 radical (unpaired) electrons. The van der Waals surface area contributed by atoms with Crippen molar-refractivity contribution in [1.29, 1.82) is 0 Å². The lowest BCUT2D eigenvalue weighted by Crippen LogP contribution is -2.02. The van der Waals surface area contributed by atoms with Crippen molar-refractivity contribution in [3.8, 4) is 11.5 Å². The number of benzene rings is 3. The second-order valence-electron chi connectivity index (χ2n) is 6.51. The molecule has 0 aliphatic rings. The van der Waals surface area contributed by atoms with E-state index in [1.54, 1.807) is 0 Å². The number of aliphatic imine (C=N–C) groups is 1. The Morgan fingerprint density at radius 2 is 1.75 bits per heavy atom. The zero-order chi connectivity index (χ0) is 19.9. The van der Waals surface area contributed by atoms with E-state index in [2.05, 4.69) is 65.7 Å². The van der Waals surface area contributed by atoms with Gasteiger partial charge in [-0.05, 0) is 83.8 Å².